The van der Waals surface area contributed by atoms with Crippen molar-refractivity contribution in [2.24, 2.45) is 0 Å². The van der Waals surface area contributed by atoms with E-state index in [1.165, 1.54) is 0 Å². The lowest BCUT2D eigenvalue weighted by atomic mass is 9.64. The van der Waals surface area contributed by atoms with Gasteiger partial charge in [-0.25, -0.2) is 0 Å². The number of hydrogen-bond acceptors (Lipinski definition) is 3. The fourth-order valence-electron chi connectivity index (χ4n) is 2.36. The Morgan fingerprint density at radius 3 is 2.50 bits per heavy atom. The molecule has 1 aromatic rings. The number of carboxylic acid groups (broad SMARTS) is 1. The second kappa shape index (κ2) is 5.40. The van der Waals surface area contributed by atoms with Gasteiger partial charge in [-0.15, -0.1) is 0 Å². The molecule has 2 N–H and O–H groups in total. The Balaban J connectivity index is 2.05. The molecule has 0 aliphatic heterocycles. The van der Waals surface area contributed by atoms with Gasteiger partial charge in [-0.2, -0.15) is 0 Å². The van der Waals surface area contributed by atoms with Crippen LogP contribution in [0.25, 0.3) is 0 Å². The van der Waals surface area contributed by atoms with Gasteiger partial charge in [0.1, 0.15) is 0 Å². The number of ether oxygens (including phenoxy) is 1. The van der Waals surface area contributed by atoms with E-state index in [-0.39, 0.29) is 0 Å². The third-order valence-electron chi connectivity index (χ3n) is 3.69. The standard InChI is InChI=1S/C14H19NO3/c1-18-10-9-15-12-5-3-11(4-6-12)14(13(16)17)7-2-8-14/h3-6,15H,2,7-10H2,1H3,(H,16,17). The molecule has 18 heavy (non-hydrogen) atoms. The average molecular weight is 249 g/mol. The number of methoxy groups -OCH3 is 1. The third kappa shape index (κ3) is 2.34. The minimum atomic E-state index is -0.700. The molecule has 1 aromatic carbocycles. The molecule has 1 aliphatic rings. The molecule has 0 unspecified atom stereocenters. The number of carboxylic acids is 1. The molecule has 4 heteroatoms. The van der Waals surface area contributed by atoms with Crippen LogP contribution >= 0.6 is 0 Å². The van der Waals surface area contributed by atoms with Crippen LogP contribution < -0.4 is 5.32 Å². The van der Waals surface area contributed by atoms with E-state index < -0.39 is 11.4 Å². The average Bonchev–Trinajstić information content (AvgIpc) is 2.29. The number of hydrogen-bond donors (Lipinski definition) is 2. The van der Waals surface area contributed by atoms with E-state index >= 15 is 0 Å². The predicted octanol–water partition coefficient (Wildman–Crippen LogP) is 2.25. The molecule has 0 spiro atoms. The topological polar surface area (TPSA) is 58.6 Å². The van der Waals surface area contributed by atoms with E-state index in [9.17, 15) is 9.90 Å². The number of aliphatic carboxylic acids is 1. The summed E-state index contributed by atoms with van der Waals surface area (Å²) in [6.07, 6.45) is 2.50. The van der Waals surface area contributed by atoms with Crippen LogP contribution in [-0.4, -0.2) is 31.3 Å². The number of anilines is 1. The van der Waals surface area contributed by atoms with E-state index in [1.54, 1.807) is 7.11 Å². The highest BCUT2D eigenvalue weighted by Gasteiger charge is 2.45. The third-order valence-corrected chi connectivity index (χ3v) is 3.69. The van der Waals surface area contributed by atoms with Gasteiger partial charge in [0.25, 0.3) is 0 Å². The first-order valence-corrected chi connectivity index (χ1v) is 6.26. The molecular weight excluding hydrogens is 230 g/mol. The quantitative estimate of drug-likeness (QED) is 0.759. The van der Waals surface area contributed by atoms with Crippen molar-refractivity contribution in [3.63, 3.8) is 0 Å². The zero-order valence-electron chi connectivity index (χ0n) is 10.6. The van der Waals surface area contributed by atoms with Gasteiger partial charge < -0.3 is 15.2 Å². The molecule has 2 rings (SSSR count). The molecule has 1 fully saturated rings. The lowest BCUT2D eigenvalue weighted by Gasteiger charge is -2.38. The summed E-state index contributed by atoms with van der Waals surface area (Å²) in [6.45, 7) is 1.40. The molecule has 0 radical (unpaired) electrons. The van der Waals surface area contributed by atoms with E-state index in [4.69, 9.17) is 4.74 Å². The zero-order chi connectivity index (χ0) is 13.0. The SMILES string of the molecule is COCCNc1ccc(C2(C(=O)O)CCC2)cc1. The van der Waals surface area contributed by atoms with Crippen LogP contribution in [0.1, 0.15) is 24.8 Å². The van der Waals surface area contributed by atoms with Crippen LogP contribution in [0.2, 0.25) is 0 Å². The zero-order valence-corrected chi connectivity index (χ0v) is 10.6. The van der Waals surface area contributed by atoms with Gasteiger partial charge in [0.2, 0.25) is 0 Å². The minimum absolute atomic E-state index is 0.634. The molecule has 1 saturated carbocycles. The molecule has 0 heterocycles. The van der Waals surface area contributed by atoms with Crippen molar-refractivity contribution in [1.29, 1.82) is 0 Å². The van der Waals surface area contributed by atoms with Crippen molar-refractivity contribution in [3.05, 3.63) is 29.8 Å². The number of rotatable bonds is 6. The minimum Gasteiger partial charge on any atom is -0.481 e. The highest BCUT2D eigenvalue weighted by atomic mass is 16.5. The Kier molecular flexibility index (Phi) is 3.87. The normalized spacial score (nSPS) is 16.9. The highest BCUT2D eigenvalue weighted by molar-refractivity contribution is 5.82. The molecule has 0 atom stereocenters. The molecule has 98 valence electrons. The van der Waals surface area contributed by atoms with Crippen molar-refractivity contribution in [2.75, 3.05) is 25.6 Å². The van der Waals surface area contributed by atoms with Gasteiger partial charge in [-0.1, -0.05) is 18.6 Å². The Morgan fingerprint density at radius 2 is 2.06 bits per heavy atom. The van der Waals surface area contributed by atoms with Crippen LogP contribution in [0.3, 0.4) is 0 Å². The summed E-state index contributed by atoms with van der Waals surface area (Å²) in [6, 6.07) is 7.72. The number of benzene rings is 1. The van der Waals surface area contributed by atoms with Crippen molar-refractivity contribution in [1.82, 2.24) is 0 Å². The Bertz CT molecular complexity index is 410. The summed E-state index contributed by atoms with van der Waals surface area (Å²) in [7, 11) is 1.66. The van der Waals surface area contributed by atoms with Crippen molar-refractivity contribution < 1.29 is 14.6 Å². The van der Waals surface area contributed by atoms with Crippen molar-refractivity contribution in [2.45, 2.75) is 24.7 Å². The summed E-state index contributed by atoms with van der Waals surface area (Å²) in [5, 5.41) is 12.6. The second-order valence-electron chi connectivity index (χ2n) is 4.74. The summed E-state index contributed by atoms with van der Waals surface area (Å²) in [5.41, 5.74) is 1.28. The Hall–Kier alpha value is -1.55. The van der Waals surface area contributed by atoms with E-state index in [2.05, 4.69) is 5.32 Å². The second-order valence-corrected chi connectivity index (χ2v) is 4.74. The summed E-state index contributed by atoms with van der Waals surface area (Å²) in [5.74, 6) is -0.700. The van der Waals surface area contributed by atoms with Gasteiger partial charge in [0.15, 0.2) is 0 Å². The van der Waals surface area contributed by atoms with E-state index in [0.29, 0.717) is 6.61 Å². The maximum Gasteiger partial charge on any atom is 0.314 e. The molecule has 0 saturated heterocycles. The van der Waals surface area contributed by atoms with Crippen molar-refractivity contribution >= 4 is 11.7 Å². The molecule has 4 nitrogen and oxygen atoms in total. The largest absolute Gasteiger partial charge is 0.481 e. The van der Waals surface area contributed by atoms with Gasteiger partial charge in [-0.05, 0) is 30.5 Å². The van der Waals surface area contributed by atoms with E-state index in [0.717, 1.165) is 37.1 Å². The fourth-order valence-corrected chi connectivity index (χ4v) is 2.36. The maximum atomic E-state index is 11.4. The summed E-state index contributed by atoms with van der Waals surface area (Å²) in [4.78, 5) is 11.4. The van der Waals surface area contributed by atoms with Gasteiger partial charge >= 0.3 is 5.97 Å². The number of carbonyl (C=O) groups is 1. The van der Waals surface area contributed by atoms with Gasteiger partial charge in [0, 0.05) is 19.3 Å². The van der Waals surface area contributed by atoms with Crippen LogP contribution in [0.4, 0.5) is 5.69 Å². The Morgan fingerprint density at radius 1 is 1.39 bits per heavy atom. The van der Waals surface area contributed by atoms with Crippen molar-refractivity contribution in [3.8, 4) is 0 Å². The van der Waals surface area contributed by atoms with Crippen LogP contribution in [0.15, 0.2) is 24.3 Å². The fraction of sp³-hybridized carbons (Fsp3) is 0.500. The summed E-state index contributed by atoms with van der Waals surface area (Å²) < 4.78 is 4.96. The van der Waals surface area contributed by atoms with Crippen LogP contribution in [-0.2, 0) is 14.9 Å². The summed E-state index contributed by atoms with van der Waals surface area (Å²) >= 11 is 0. The lowest BCUT2D eigenvalue weighted by molar-refractivity contribution is -0.147. The van der Waals surface area contributed by atoms with E-state index in [1.807, 2.05) is 24.3 Å². The predicted molar refractivity (Wildman–Crippen MR) is 70.0 cm³/mol. The van der Waals surface area contributed by atoms with Crippen LogP contribution in [0, 0.1) is 0 Å². The first kappa shape index (κ1) is 12.9. The first-order chi connectivity index (χ1) is 8.69. The molecule has 0 bridgehead atoms. The molecule has 1 aliphatic carbocycles. The smallest absolute Gasteiger partial charge is 0.314 e. The first-order valence-electron chi connectivity index (χ1n) is 6.26. The molecule has 0 amide bonds. The monoisotopic (exact) mass is 249 g/mol. The number of nitrogens with one attached hydrogen (secondary N) is 1. The lowest BCUT2D eigenvalue weighted by Crippen LogP contribution is -2.42. The van der Waals surface area contributed by atoms with Gasteiger partial charge in [0.05, 0.1) is 12.0 Å². The molecular formula is C14H19NO3. The highest BCUT2D eigenvalue weighted by Crippen LogP contribution is 2.44. The Labute approximate surface area is 107 Å². The van der Waals surface area contributed by atoms with Gasteiger partial charge in [-0.3, -0.25) is 4.79 Å². The van der Waals surface area contributed by atoms with Crippen LogP contribution in [0.5, 0.6) is 0 Å². The molecule has 0 aromatic heterocycles. The maximum absolute atomic E-state index is 11.4.